The van der Waals surface area contributed by atoms with E-state index in [1.165, 1.54) is 11.1 Å². The lowest BCUT2D eigenvalue weighted by Crippen LogP contribution is -2.39. The Balaban J connectivity index is 0.00000259. The second-order valence-corrected chi connectivity index (χ2v) is 8.39. The second kappa shape index (κ2) is 9.94. The Morgan fingerprint density at radius 1 is 1.15 bits per heavy atom. The van der Waals surface area contributed by atoms with Gasteiger partial charge in [0.2, 0.25) is 0 Å². The van der Waals surface area contributed by atoms with Crippen molar-refractivity contribution < 1.29 is 9.57 Å². The van der Waals surface area contributed by atoms with Gasteiger partial charge in [0, 0.05) is 25.2 Å². The van der Waals surface area contributed by atoms with Crippen LogP contribution in [0.4, 0.5) is 0 Å². The second-order valence-electron chi connectivity index (χ2n) is 8.39. The number of aryl methyl sites for hydroxylation is 1. The summed E-state index contributed by atoms with van der Waals surface area (Å²) in [6.07, 6.45) is 8.11. The molecule has 0 bridgehead atoms. The average molecular weight is 445 g/mol. The Labute approximate surface area is 196 Å². The van der Waals surface area contributed by atoms with E-state index in [2.05, 4.69) is 69.6 Å². The van der Waals surface area contributed by atoms with Crippen molar-refractivity contribution in [2.45, 2.75) is 33.1 Å². The molecule has 3 heterocycles. The monoisotopic (exact) mass is 444 g/mol. The Hall–Kier alpha value is -3.54. The van der Waals surface area contributed by atoms with E-state index in [1.807, 2.05) is 24.0 Å². The summed E-state index contributed by atoms with van der Waals surface area (Å²) in [4.78, 5) is 12.5. The maximum absolute atomic E-state index is 5.79. The fourth-order valence-corrected chi connectivity index (χ4v) is 4.50. The molecular formula is C27H32N4O2. The summed E-state index contributed by atoms with van der Waals surface area (Å²) in [6, 6.07) is 16.8. The highest BCUT2D eigenvalue weighted by atomic mass is 16.6. The zero-order chi connectivity index (χ0) is 21.9. The molecule has 6 heteroatoms. The molecular weight excluding hydrogens is 412 g/mol. The maximum Gasteiger partial charge on any atom is 0.171 e. The standard InChI is InChI=1S/C26H28N4O2.CH4/c1-19-15-30(18-27-19)24-11-10-20(14-25(24)31-2)13-22-9-6-12-29-16-23(17-32-28-26(22)29)21-7-4-3-5-8-21;/h3-5,7-8,10-11,13-15,18,23H,6,9,12,16-17H2,1-2H3;1H4/b22-13+;. The van der Waals surface area contributed by atoms with Crippen LogP contribution in [0.5, 0.6) is 5.75 Å². The van der Waals surface area contributed by atoms with Crippen molar-refractivity contribution in [2.24, 2.45) is 5.16 Å². The lowest BCUT2D eigenvalue weighted by molar-refractivity contribution is 0.135. The van der Waals surface area contributed by atoms with Crippen molar-refractivity contribution in [3.8, 4) is 11.4 Å². The maximum atomic E-state index is 5.79. The first kappa shape index (κ1) is 22.6. The van der Waals surface area contributed by atoms with Crippen LogP contribution in [0.25, 0.3) is 11.8 Å². The van der Waals surface area contributed by atoms with Gasteiger partial charge in [-0.3, -0.25) is 0 Å². The molecule has 3 aromatic rings. The van der Waals surface area contributed by atoms with Gasteiger partial charge in [-0.25, -0.2) is 4.98 Å². The number of fused-ring (bicyclic) bond motifs is 1. The number of oxime groups is 1. The van der Waals surface area contributed by atoms with Gasteiger partial charge in [-0.2, -0.15) is 0 Å². The highest BCUT2D eigenvalue weighted by Crippen LogP contribution is 2.30. The van der Waals surface area contributed by atoms with Crippen LogP contribution >= 0.6 is 0 Å². The Morgan fingerprint density at radius 2 is 2.00 bits per heavy atom. The summed E-state index contributed by atoms with van der Waals surface area (Å²) in [6.45, 7) is 4.51. The van der Waals surface area contributed by atoms with Crippen LogP contribution in [-0.2, 0) is 4.84 Å². The normalized spacial score (nSPS) is 19.1. The van der Waals surface area contributed by atoms with Gasteiger partial charge in [0.15, 0.2) is 5.84 Å². The summed E-state index contributed by atoms with van der Waals surface area (Å²) in [7, 11) is 1.70. The lowest BCUT2D eigenvalue weighted by atomic mass is 9.96. The van der Waals surface area contributed by atoms with Crippen LogP contribution in [0.1, 0.15) is 43.0 Å². The number of methoxy groups -OCH3 is 1. The third kappa shape index (κ3) is 4.80. The number of benzene rings is 2. The molecule has 2 aromatic carbocycles. The van der Waals surface area contributed by atoms with Crippen molar-refractivity contribution in [2.75, 3.05) is 26.8 Å². The number of hydrogen-bond donors (Lipinski definition) is 0. The van der Waals surface area contributed by atoms with Crippen molar-refractivity contribution in [1.29, 1.82) is 0 Å². The molecule has 1 aromatic heterocycles. The van der Waals surface area contributed by atoms with E-state index in [1.54, 1.807) is 7.11 Å². The minimum absolute atomic E-state index is 0. The largest absolute Gasteiger partial charge is 0.495 e. The van der Waals surface area contributed by atoms with Crippen LogP contribution in [0, 0.1) is 6.92 Å². The molecule has 0 saturated carbocycles. The molecule has 172 valence electrons. The van der Waals surface area contributed by atoms with E-state index in [9.17, 15) is 0 Å². The molecule has 0 amide bonds. The van der Waals surface area contributed by atoms with E-state index < -0.39 is 0 Å². The molecule has 6 nitrogen and oxygen atoms in total. The summed E-state index contributed by atoms with van der Waals surface area (Å²) < 4.78 is 7.67. The van der Waals surface area contributed by atoms with Crippen molar-refractivity contribution in [3.05, 3.63) is 83.4 Å². The van der Waals surface area contributed by atoms with Gasteiger partial charge in [-0.05, 0) is 54.7 Å². The minimum Gasteiger partial charge on any atom is -0.495 e. The summed E-state index contributed by atoms with van der Waals surface area (Å²) in [5, 5.41) is 4.54. The fraction of sp³-hybridized carbons (Fsp3) is 0.333. The zero-order valence-electron chi connectivity index (χ0n) is 18.6. The van der Waals surface area contributed by atoms with Gasteiger partial charge in [0.1, 0.15) is 12.4 Å². The number of aromatic nitrogens is 2. The van der Waals surface area contributed by atoms with Crippen LogP contribution in [0.2, 0.25) is 0 Å². The molecule has 0 aliphatic carbocycles. The number of nitrogens with zero attached hydrogens (tertiary/aromatic N) is 4. The molecule has 0 radical (unpaired) electrons. The number of amidine groups is 1. The van der Waals surface area contributed by atoms with Gasteiger partial charge in [0.25, 0.3) is 0 Å². The molecule has 1 atom stereocenters. The predicted octanol–water partition coefficient (Wildman–Crippen LogP) is 5.43. The number of rotatable bonds is 4. The van der Waals surface area contributed by atoms with Gasteiger partial charge in [-0.1, -0.05) is 49.0 Å². The smallest absolute Gasteiger partial charge is 0.171 e. The quantitative estimate of drug-likeness (QED) is 0.538. The van der Waals surface area contributed by atoms with E-state index in [4.69, 9.17) is 9.57 Å². The third-order valence-electron chi connectivity index (χ3n) is 6.13. The molecule has 0 N–H and O–H groups in total. The van der Waals surface area contributed by atoms with Crippen LogP contribution in [0.15, 0.2) is 71.8 Å². The van der Waals surface area contributed by atoms with Crippen molar-refractivity contribution in [1.82, 2.24) is 14.5 Å². The van der Waals surface area contributed by atoms with E-state index in [-0.39, 0.29) is 7.43 Å². The topological polar surface area (TPSA) is 51.9 Å². The highest BCUT2D eigenvalue weighted by molar-refractivity contribution is 6.02. The van der Waals surface area contributed by atoms with Crippen molar-refractivity contribution in [3.63, 3.8) is 0 Å². The number of ether oxygens (including phenoxy) is 1. The first-order chi connectivity index (χ1) is 15.7. The number of piperidine rings is 1. The van der Waals surface area contributed by atoms with Gasteiger partial charge in [0.05, 0.1) is 24.8 Å². The number of imidazole rings is 1. The first-order valence-corrected chi connectivity index (χ1v) is 11.1. The fourth-order valence-electron chi connectivity index (χ4n) is 4.50. The SMILES string of the molecule is C.COc1cc(/C=C2\CCCN3CC(c4ccccc4)CON=C23)ccc1-n1cnc(C)c1. The van der Waals surface area contributed by atoms with Gasteiger partial charge in [-0.15, -0.1) is 0 Å². The van der Waals surface area contributed by atoms with Crippen molar-refractivity contribution >= 4 is 11.9 Å². The Bertz CT molecular complexity index is 1150. The number of hydrogen-bond acceptors (Lipinski definition) is 5. The molecule has 33 heavy (non-hydrogen) atoms. The molecule has 2 aliphatic rings. The minimum atomic E-state index is 0. The highest BCUT2D eigenvalue weighted by Gasteiger charge is 2.28. The molecule has 1 saturated heterocycles. The van der Waals surface area contributed by atoms with Crippen LogP contribution < -0.4 is 4.74 Å². The molecule has 0 spiro atoms. The molecule has 5 rings (SSSR count). The predicted molar refractivity (Wildman–Crippen MR) is 133 cm³/mol. The third-order valence-corrected chi connectivity index (χ3v) is 6.13. The zero-order valence-corrected chi connectivity index (χ0v) is 18.6. The van der Waals surface area contributed by atoms with Crippen LogP contribution in [0.3, 0.4) is 0 Å². The molecule has 1 fully saturated rings. The average Bonchev–Trinajstić information content (AvgIpc) is 3.13. The summed E-state index contributed by atoms with van der Waals surface area (Å²) >= 11 is 0. The van der Waals surface area contributed by atoms with Gasteiger partial charge >= 0.3 is 0 Å². The molecule has 2 aliphatic heterocycles. The first-order valence-electron chi connectivity index (χ1n) is 11.1. The molecule has 1 unspecified atom stereocenters. The van der Waals surface area contributed by atoms with Crippen LogP contribution in [-0.4, -0.2) is 47.1 Å². The lowest BCUT2D eigenvalue weighted by Gasteiger charge is -2.31. The Kier molecular flexibility index (Phi) is 6.82. The van der Waals surface area contributed by atoms with E-state index in [0.717, 1.165) is 54.5 Å². The van der Waals surface area contributed by atoms with E-state index >= 15 is 0 Å². The summed E-state index contributed by atoms with van der Waals surface area (Å²) in [5.41, 5.74) is 5.54. The van der Waals surface area contributed by atoms with Gasteiger partial charge < -0.3 is 19.0 Å². The Morgan fingerprint density at radius 3 is 2.76 bits per heavy atom. The summed E-state index contributed by atoms with van der Waals surface area (Å²) in [5.74, 6) is 2.09. The van der Waals surface area contributed by atoms with E-state index in [0.29, 0.717) is 12.5 Å².